The fourth-order valence-electron chi connectivity index (χ4n) is 5.17. The highest BCUT2D eigenvalue weighted by atomic mass is 16.5. The molecule has 1 aliphatic carbocycles. The molecular weight excluding hydrogens is 412 g/mol. The number of hydrogen-bond donors (Lipinski definition) is 1. The average molecular weight is 443 g/mol. The number of hydrogen-bond acceptors (Lipinski definition) is 7. The highest BCUT2D eigenvalue weighted by Crippen LogP contribution is 2.50. The number of likely N-dealkylation sites (tertiary alicyclic amines) is 1. The van der Waals surface area contributed by atoms with Crippen molar-refractivity contribution in [3.8, 4) is 5.75 Å². The first-order chi connectivity index (χ1) is 15.4. The first kappa shape index (κ1) is 22.3. The van der Waals surface area contributed by atoms with Gasteiger partial charge in [0.2, 0.25) is 17.7 Å². The molecular formula is C23H30N4O5. The van der Waals surface area contributed by atoms with Crippen LogP contribution in [0, 0.1) is 12.8 Å². The van der Waals surface area contributed by atoms with Gasteiger partial charge in [0, 0.05) is 32.7 Å². The van der Waals surface area contributed by atoms with E-state index < -0.39 is 5.41 Å². The molecule has 172 valence electrons. The second-order valence-electron chi connectivity index (χ2n) is 8.72. The van der Waals surface area contributed by atoms with Crippen molar-refractivity contribution in [2.75, 3.05) is 33.9 Å². The number of aromatic nitrogens is 2. The number of amides is 2. The zero-order chi connectivity index (χ0) is 22.7. The van der Waals surface area contributed by atoms with E-state index in [2.05, 4.69) is 15.5 Å². The summed E-state index contributed by atoms with van der Waals surface area (Å²) in [5.74, 6) is 2.02. The number of para-hydroxylation sites is 1. The van der Waals surface area contributed by atoms with Crippen LogP contribution in [-0.2, 0) is 26.2 Å². The number of carbonyl (C=O) groups is 2. The molecule has 32 heavy (non-hydrogen) atoms. The minimum Gasteiger partial charge on any atom is -0.496 e. The summed E-state index contributed by atoms with van der Waals surface area (Å²) >= 11 is 0. The van der Waals surface area contributed by atoms with E-state index in [1.165, 1.54) is 7.11 Å². The van der Waals surface area contributed by atoms with Crippen LogP contribution in [0.25, 0.3) is 0 Å². The third-order valence-electron chi connectivity index (χ3n) is 6.63. The number of benzene rings is 1. The van der Waals surface area contributed by atoms with Crippen LogP contribution in [0.3, 0.4) is 0 Å². The minimum absolute atomic E-state index is 0.00273. The van der Waals surface area contributed by atoms with Gasteiger partial charge in [-0.1, -0.05) is 23.4 Å². The molecule has 4 rings (SSSR count). The molecule has 0 radical (unpaired) electrons. The minimum atomic E-state index is -0.439. The molecule has 1 saturated heterocycles. The molecule has 2 amide bonds. The van der Waals surface area contributed by atoms with E-state index in [9.17, 15) is 9.59 Å². The molecule has 2 heterocycles. The third kappa shape index (κ3) is 4.34. The van der Waals surface area contributed by atoms with Gasteiger partial charge in [0.05, 0.1) is 12.5 Å². The lowest BCUT2D eigenvalue weighted by Gasteiger charge is -2.25. The Bertz CT molecular complexity index is 977. The predicted molar refractivity (Wildman–Crippen MR) is 115 cm³/mol. The molecule has 1 unspecified atom stereocenters. The average Bonchev–Trinajstić information content (AvgIpc) is 3.45. The van der Waals surface area contributed by atoms with Gasteiger partial charge in [-0.3, -0.25) is 9.59 Å². The van der Waals surface area contributed by atoms with Crippen LogP contribution in [0.1, 0.15) is 36.5 Å². The number of fused-ring (bicyclic) bond motifs is 1. The van der Waals surface area contributed by atoms with Gasteiger partial charge >= 0.3 is 0 Å². The van der Waals surface area contributed by atoms with Gasteiger partial charge in [0.1, 0.15) is 12.4 Å². The largest absolute Gasteiger partial charge is 0.496 e. The number of nitrogens with one attached hydrogen (secondary N) is 1. The molecule has 1 saturated carbocycles. The summed E-state index contributed by atoms with van der Waals surface area (Å²) in [5.41, 5.74) is 0.573. The smallest absolute Gasteiger partial charge is 0.248 e. The Hall–Kier alpha value is -2.94. The van der Waals surface area contributed by atoms with Gasteiger partial charge in [-0.15, -0.1) is 0 Å². The van der Waals surface area contributed by atoms with E-state index in [-0.39, 0.29) is 30.4 Å². The quantitative estimate of drug-likeness (QED) is 0.662. The Morgan fingerprint density at radius 2 is 2.12 bits per heavy atom. The number of rotatable bonds is 8. The molecule has 1 aromatic heterocycles. The zero-order valence-corrected chi connectivity index (χ0v) is 18.8. The van der Waals surface area contributed by atoms with Crippen molar-refractivity contribution in [3.63, 3.8) is 0 Å². The van der Waals surface area contributed by atoms with E-state index in [1.54, 1.807) is 14.0 Å². The summed E-state index contributed by atoms with van der Waals surface area (Å²) in [6.45, 7) is 2.93. The van der Waals surface area contributed by atoms with Crippen LogP contribution in [0.5, 0.6) is 5.75 Å². The topological polar surface area (TPSA) is 107 Å². The second kappa shape index (κ2) is 9.28. The van der Waals surface area contributed by atoms with Gasteiger partial charge in [-0.25, -0.2) is 0 Å². The Labute approximate surface area is 187 Å². The van der Waals surface area contributed by atoms with E-state index in [0.29, 0.717) is 44.1 Å². The van der Waals surface area contributed by atoms with Crippen molar-refractivity contribution in [2.24, 2.45) is 5.92 Å². The molecule has 1 aromatic carbocycles. The number of ether oxygens (including phenoxy) is 2. The summed E-state index contributed by atoms with van der Waals surface area (Å²) in [5, 5.41) is 7.16. The third-order valence-corrected chi connectivity index (χ3v) is 6.63. The monoisotopic (exact) mass is 442 g/mol. The summed E-state index contributed by atoms with van der Waals surface area (Å²) < 4.78 is 16.0. The molecule has 2 aliphatic rings. The highest BCUT2D eigenvalue weighted by Gasteiger charge is 2.58. The Balaban J connectivity index is 1.42. The Morgan fingerprint density at radius 3 is 2.84 bits per heavy atom. The highest BCUT2D eigenvalue weighted by molar-refractivity contribution is 5.78. The lowest BCUT2D eigenvalue weighted by Crippen LogP contribution is -2.40. The predicted octanol–water partition coefficient (Wildman–Crippen LogP) is 1.64. The van der Waals surface area contributed by atoms with Crippen LogP contribution >= 0.6 is 0 Å². The second-order valence-corrected chi connectivity index (χ2v) is 8.72. The maximum absolute atomic E-state index is 12.7. The molecule has 3 atom stereocenters. The van der Waals surface area contributed by atoms with Gasteiger partial charge < -0.3 is 24.2 Å². The Kier molecular flexibility index (Phi) is 6.45. The van der Waals surface area contributed by atoms with Gasteiger partial charge in [0.25, 0.3) is 0 Å². The van der Waals surface area contributed by atoms with Crippen LogP contribution in [0.2, 0.25) is 0 Å². The van der Waals surface area contributed by atoms with Crippen molar-refractivity contribution in [1.29, 1.82) is 0 Å². The van der Waals surface area contributed by atoms with Crippen molar-refractivity contribution in [3.05, 3.63) is 41.5 Å². The SMILES string of the molecule is COCC(=O)N1CC2C[C@@H](NC(=O)CCc3ccccc3OC)C[C@]2(c2nc(C)no2)C1. The van der Waals surface area contributed by atoms with Crippen molar-refractivity contribution < 1.29 is 23.6 Å². The van der Waals surface area contributed by atoms with Crippen LogP contribution in [-0.4, -0.2) is 66.8 Å². The number of nitrogens with zero attached hydrogens (tertiary/aromatic N) is 3. The molecule has 9 nitrogen and oxygen atoms in total. The first-order valence-electron chi connectivity index (χ1n) is 10.9. The summed E-state index contributed by atoms with van der Waals surface area (Å²) in [7, 11) is 3.15. The zero-order valence-electron chi connectivity index (χ0n) is 18.8. The van der Waals surface area contributed by atoms with E-state index in [0.717, 1.165) is 17.7 Å². The molecule has 0 bridgehead atoms. The number of aryl methyl sites for hydroxylation is 2. The van der Waals surface area contributed by atoms with Crippen molar-refractivity contribution in [2.45, 2.75) is 44.1 Å². The lowest BCUT2D eigenvalue weighted by molar-refractivity contribution is -0.134. The van der Waals surface area contributed by atoms with E-state index in [4.69, 9.17) is 14.0 Å². The standard InChI is InChI=1S/C23H30N4O5/c1-15-24-22(32-26-15)23-11-18(10-17(23)12-27(14-23)21(29)13-30-2)25-20(28)9-8-16-6-4-5-7-19(16)31-3/h4-7,17-18H,8-14H2,1-3H3,(H,25,28)/t17?,18-,23+/m1/s1. The van der Waals surface area contributed by atoms with Crippen molar-refractivity contribution >= 4 is 11.8 Å². The molecule has 2 aromatic rings. The van der Waals surface area contributed by atoms with E-state index in [1.807, 2.05) is 29.2 Å². The summed E-state index contributed by atoms with van der Waals surface area (Å²) in [6.07, 6.45) is 2.42. The van der Waals surface area contributed by atoms with Gasteiger partial charge in [-0.2, -0.15) is 4.98 Å². The maximum Gasteiger partial charge on any atom is 0.248 e. The van der Waals surface area contributed by atoms with Gasteiger partial charge in [0.15, 0.2) is 5.82 Å². The summed E-state index contributed by atoms with van der Waals surface area (Å²) in [4.78, 5) is 31.5. The van der Waals surface area contributed by atoms with Gasteiger partial charge in [-0.05, 0) is 43.7 Å². The summed E-state index contributed by atoms with van der Waals surface area (Å²) in [6, 6.07) is 7.74. The Morgan fingerprint density at radius 1 is 1.31 bits per heavy atom. The maximum atomic E-state index is 12.7. The normalized spacial score (nSPS) is 24.4. The van der Waals surface area contributed by atoms with Crippen LogP contribution in [0.15, 0.2) is 28.8 Å². The molecule has 9 heteroatoms. The molecule has 1 aliphatic heterocycles. The fraction of sp³-hybridized carbons (Fsp3) is 0.565. The fourth-order valence-corrected chi connectivity index (χ4v) is 5.17. The lowest BCUT2D eigenvalue weighted by atomic mass is 9.80. The molecule has 2 fully saturated rings. The molecule has 1 N–H and O–H groups in total. The molecule has 0 spiro atoms. The number of methoxy groups -OCH3 is 2. The first-order valence-corrected chi connectivity index (χ1v) is 10.9. The van der Waals surface area contributed by atoms with Crippen molar-refractivity contribution in [1.82, 2.24) is 20.4 Å². The van der Waals surface area contributed by atoms with Crippen LogP contribution < -0.4 is 10.1 Å². The van der Waals surface area contributed by atoms with Crippen LogP contribution in [0.4, 0.5) is 0 Å². The number of carbonyl (C=O) groups excluding carboxylic acids is 2. The van der Waals surface area contributed by atoms with E-state index >= 15 is 0 Å².